The van der Waals surface area contributed by atoms with Crippen LogP contribution in [0.4, 0.5) is 10.1 Å². The van der Waals surface area contributed by atoms with Crippen molar-refractivity contribution in [3.8, 4) is 0 Å². The Hall–Kier alpha value is -2.66. The molecule has 6 rings (SSSR count). The molecule has 0 atom stereocenters. The molecule has 1 heterocycles. The van der Waals surface area contributed by atoms with Gasteiger partial charge in [0.1, 0.15) is 5.67 Å². The Kier molecular flexibility index (Phi) is 3.85. The third-order valence-electron chi connectivity index (χ3n) is 6.10. The normalized spacial score (nSPS) is 25.2. The first kappa shape index (κ1) is 17.4. The molecule has 3 fully saturated rings. The van der Waals surface area contributed by atoms with E-state index in [4.69, 9.17) is 4.74 Å². The van der Waals surface area contributed by atoms with Gasteiger partial charge in [-0.25, -0.2) is 4.39 Å². The summed E-state index contributed by atoms with van der Waals surface area (Å²) in [5.74, 6) is -0.0612. The summed E-state index contributed by atoms with van der Waals surface area (Å²) in [6.07, 6.45) is 2.90. The predicted molar refractivity (Wildman–Crippen MR) is 107 cm³/mol. The van der Waals surface area contributed by atoms with Crippen LogP contribution in [0.25, 0.3) is 10.9 Å². The maximum atomic E-state index is 13.7. The molecule has 1 aromatic heterocycles. The molecule has 0 radical (unpaired) electrons. The number of H-pyrrole nitrogens is 1. The fourth-order valence-corrected chi connectivity index (χ4v) is 4.49. The van der Waals surface area contributed by atoms with E-state index in [0.29, 0.717) is 32.5 Å². The number of aromatic amines is 1. The fraction of sp³-hybridized carbons (Fsp3) is 0.348. The molecule has 28 heavy (non-hydrogen) atoms. The van der Waals surface area contributed by atoms with Crippen molar-refractivity contribution in [3.05, 3.63) is 65.4 Å². The van der Waals surface area contributed by atoms with Crippen molar-refractivity contribution in [2.45, 2.75) is 45.1 Å². The SMILES string of the molecule is Cc1ccc(COCc2ccc3[nH]cc(NC(=O)C45CC(F)(C4)C5)c3c2)cc1. The number of anilines is 1. The number of carbonyl (C=O) groups is 1. The number of hydrogen-bond donors (Lipinski definition) is 2. The number of rotatable bonds is 6. The zero-order valence-corrected chi connectivity index (χ0v) is 15.8. The van der Waals surface area contributed by atoms with Crippen LogP contribution < -0.4 is 5.32 Å². The molecular weight excluding hydrogens is 355 g/mol. The van der Waals surface area contributed by atoms with Gasteiger partial charge in [-0.05, 0) is 49.4 Å². The average Bonchev–Trinajstić information content (AvgIpc) is 3.02. The summed E-state index contributed by atoms with van der Waals surface area (Å²) in [5, 5.41) is 3.95. The number of aromatic nitrogens is 1. The van der Waals surface area contributed by atoms with Gasteiger partial charge in [0, 0.05) is 17.1 Å². The molecule has 2 aromatic carbocycles. The van der Waals surface area contributed by atoms with E-state index in [1.807, 2.05) is 18.2 Å². The first-order valence-electron chi connectivity index (χ1n) is 9.69. The molecule has 3 aliphatic rings. The largest absolute Gasteiger partial charge is 0.372 e. The lowest BCUT2D eigenvalue weighted by atomic mass is 9.42. The van der Waals surface area contributed by atoms with Gasteiger partial charge in [-0.2, -0.15) is 0 Å². The van der Waals surface area contributed by atoms with E-state index < -0.39 is 11.1 Å². The van der Waals surface area contributed by atoms with Crippen LogP contribution in [-0.2, 0) is 22.7 Å². The second-order valence-electron chi connectivity index (χ2n) is 8.48. The van der Waals surface area contributed by atoms with Crippen molar-refractivity contribution in [1.82, 2.24) is 4.98 Å². The maximum Gasteiger partial charge on any atom is 0.231 e. The Labute approximate surface area is 163 Å². The number of carbonyl (C=O) groups excluding carboxylic acids is 1. The lowest BCUT2D eigenvalue weighted by Crippen LogP contribution is -2.68. The maximum absolute atomic E-state index is 13.7. The summed E-state index contributed by atoms with van der Waals surface area (Å²) >= 11 is 0. The van der Waals surface area contributed by atoms with Gasteiger partial charge in [-0.15, -0.1) is 0 Å². The van der Waals surface area contributed by atoms with Crippen molar-refractivity contribution in [2.75, 3.05) is 5.32 Å². The minimum Gasteiger partial charge on any atom is -0.372 e. The zero-order valence-electron chi connectivity index (χ0n) is 15.8. The molecule has 0 saturated heterocycles. The number of benzene rings is 2. The quantitative estimate of drug-likeness (QED) is 0.632. The molecular formula is C23H23FN2O2. The van der Waals surface area contributed by atoms with E-state index in [1.165, 1.54) is 5.56 Å². The summed E-state index contributed by atoms with van der Waals surface area (Å²) in [5.41, 5.74) is 3.58. The van der Waals surface area contributed by atoms with Crippen LogP contribution in [0, 0.1) is 12.3 Å². The number of fused-ring (bicyclic) bond motifs is 1. The standard InChI is InChI=1S/C23H23FN2O2/c1-15-2-4-16(5-3-15)10-28-11-17-6-7-19-18(8-17)20(9-25-19)26-21(27)22-12-23(24,13-22)14-22/h2-9,25H,10-14H2,1H3,(H,26,27). The van der Waals surface area contributed by atoms with Crippen molar-refractivity contribution in [2.24, 2.45) is 5.41 Å². The summed E-state index contributed by atoms with van der Waals surface area (Å²) in [6, 6.07) is 14.4. The predicted octanol–water partition coefficient (Wildman–Crippen LogP) is 5.02. The van der Waals surface area contributed by atoms with Gasteiger partial charge in [0.15, 0.2) is 0 Å². The Balaban J connectivity index is 1.25. The van der Waals surface area contributed by atoms with Crippen molar-refractivity contribution in [3.63, 3.8) is 0 Å². The highest BCUT2D eigenvalue weighted by molar-refractivity contribution is 6.05. The van der Waals surface area contributed by atoms with Crippen molar-refractivity contribution in [1.29, 1.82) is 0 Å². The van der Waals surface area contributed by atoms with Gasteiger partial charge in [0.2, 0.25) is 5.91 Å². The van der Waals surface area contributed by atoms with Crippen LogP contribution in [0.3, 0.4) is 0 Å². The van der Waals surface area contributed by atoms with Crippen LogP contribution >= 0.6 is 0 Å². The van der Waals surface area contributed by atoms with E-state index in [1.54, 1.807) is 6.20 Å². The average molecular weight is 378 g/mol. The number of alkyl halides is 1. The molecule has 0 spiro atoms. The Morgan fingerprint density at radius 1 is 1.11 bits per heavy atom. The second-order valence-corrected chi connectivity index (χ2v) is 8.48. The Morgan fingerprint density at radius 2 is 1.79 bits per heavy atom. The lowest BCUT2D eigenvalue weighted by Gasteiger charge is -2.64. The molecule has 5 heteroatoms. The van der Waals surface area contributed by atoms with Crippen LogP contribution in [0.15, 0.2) is 48.7 Å². The van der Waals surface area contributed by atoms with Crippen molar-refractivity contribution >= 4 is 22.5 Å². The van der Waals surface area contributed by atoms with E-state index in [-0.39, 0.29) is 5.91 Å². The van der Waals surface area contributed by atoms with Crippen LogP contribution in [0.2, 0.25) is 0 Å². The van der Waals surface area contributed by atoms with Gasteiger partial charge >= 0.3 is 0 Å². The van der Waals surface area contributed by atoms with Gasteiger partial charge in [0.05, 0.1) is 24.3 Å². The summed E-state index contributed by atoms with van der Waals surface area (Å²) < 4.78 is 19.6. The van der Waals surface area contributed by atoms with Crippen LogP contribution in [-0.4, -0.2) is 16.6 Å². The molecule has 3 saturated carbocycles. The van der Waals surface area contributed by atoms with Crippen LogP contribution in [0.5, 0.6) is 0 Å². The van der Waals surface area contributed by atoms with Gasteiger partial charge in [-0.3, -0.25) is 4.79 Å². The zero-order chi connectivity index (χ0) is 19.4. The summed E-state index contributed by atoms with van der Waals surface area (Å²) in [7, 11) is 0. The van der Waals surface area contributed by atoms with E-state index in [9.17, 15) is 9.18 Å². The number of halogens is 1. The summed E-state index contributed by atoms with van der Waals surface area (Å²) in [6.45, 7) is 3.12. The highest BCUT2D eigenvalue weighted by Crippen LogP contribution is 2.69. The highest BCUT2D eigenvalue weighted by Gasteiger charge is 2.72. The number of ether oxygens (including phenoxy) is 1. The molecule has 3 aliphatic carbocycles. The number of amides is 1. The topological polar surface area (TPSA) is 54.1 Å². The molecule has 2 N–H and O–H groups in total. The number of aryl methyl sites for hydroxylation is 1. The van der Waals surface area contributed by atoms with Gasteiger partial charge in [-0.1, -0.05) is 35.9 Å². The first-order valence-corrected chi connectivity index (χ1v) is 9.69. The molecule has 144 valence electrons. The molecule has 3 aromatic rings. The fourth-order valence-electron chi connectivity index (χ4n) is 4.49. The van der Waals surface area contributed by atoms with Gasteiger partial charge in [0.25, 0.3) is 0 Å². The Bertz CT molecular complexity index is 1030. The molecule has 1 amide bonds. The lowest BCUT2D eigenvalue weighted by molar-refractivity contribution is -0.209. The van der Waals surface area contributed by atoms with Gasteiger partial charge < -0.3 is 15.0 Å². The third kappa shape index (κ3) is 2.90. The van der Waals surface area contributed by atoms with E-state index in [0.717, 1.165) is 27.7 Å². The summed E-state index contributed by atoms with van der Waals surface area (Å²) in [4.78, 5) is 15.7. The minimum absolute atomic E-state index is 0.0612. The molecule has 4 nitrogen and oxygen atoms in total. The Morgan fingerprint density at radius 3 is 2.50 bits per heavy atom. The smallest absolute Gasteiger partial charge is 0.231 e. The number of hydrogen-bond acceptors (Lipinski definition) is 2. The van der Waals surface area contributed by atoms with E-state index in [2.05, 4.69) is 41.5 Å². The highest BCUT2D eigenvalue weighted by atomic mass is 19.1. The molecule has 0 aliphatic heterocycles. The molecule has 0 unspecified atom stereocenters. The first-order chi connectivity index (χ1) is 13.4. The molecule has 2 bridgehead atoms. The third-order valence-corrected chi connectivity index (χ3v) is 6.10. The van der Waals surface area contributed by atoms with E-state index >= 15 is 0 Å². The monoisotopic (exact) mass is 378 g/mol. The second kappa shape index (κ2) is 6.17. The minimum atomic E-state index is -1.07. The number of nitrogens with one attached hydrogen (secondary N) is 2. The van der Waals surface area contributed by atoms with Crippen molar-refractivity contribution < 1.29 is 13.9 Å². The van der Waals surface area contributed by atoms with Crippen LogP contribution in [0.1, 0.15) is 36.0 Å².